The average Bonchev–Trinajstić information content (AvgIpc) is 3.05. The lowest BCUT2D eigenvalue weighted by Crippen LogP contribution is -2.29. The Morgan fingerprint density at radius 2 is 1.81 bits per heavy atom. The van der Waals surface area contributed by atoms with Gasteiger partial charge in [-0.15, -0.1) is 0 Å². The van der Waals surface area contributed by atoms with E-state index in [9.17, 15) is 19.5 Å². The second kappa shape index (κ2) is 8.64. The highest BCUT2D eigenvalue weighted by Gasteiger charge is 2.47. The summed E-state index contributed by atoms with van der Waals surface area (Å²) >= 11 is 6.05. The smallest absolute Gasteiger partial charge is 0.300 e. The van der Waals surface area contributed by atoms with Gasteiger partial charge in [0, 0.05) is 35.1 Å². The van der Waals surface area contributed by atoms with Crippen LogP contribution in [0, 0.1) is 0 Å². The van der Waals surface area contributed by atoms with Gasteiger partial charge in [-0.2, -0.15) is 0 Å². The molecule has 0 aliphatic carbocycles. The van der Waals surface area contributed by atoms with Crippen LogP contribution in [0.3, 0.4) is 0 Å². The fourth-order valence-electron chi connectivity index (χ4n) is 3.62. The number of Topliss-reactive ketones (excluding diaryl/α,β-unsaturated/α-hetero) is 1. The Labute approximate surface area is 189 Å². The Morgan fingerprint density at radius 1 is 1.06 bits per heavy atom. The van der Waals surface area contributed by atoms with Gasteiger partial charge in [0.1, 0.15) is 11.8 Å². The molecule has 1 aliphatic rings. The van der Waals surface area contributed by atoms with Crippen LogP contribution in [0.4, 0.5) is 11.4 Å². The number of nitrogens with one attached hydrogen (secondary N) is 1. The number of hydrogen-bond acceptors (Lipinski definition) is 5. The molecule has 1 fully saturated rings. The fraction of sp³-hybridized carbons (Fsp3) is 0.0833. The van der Waals surface area contributed by atoms with Crippen LogP contribution in [-0.2, 0) is 14.4 Å². The molecule has 7 nitrogen and oxygen atoms in total. The maximum absolute atomic E-state index is 13.1. The van der Waals surface area contributed by atoms with Crippen molar-refractivity contribution in [3.8, 4) is 0 Å². The van der Waals surface area contributed by atoms with Crippen LogP contribution in [-0.4, -0.2) is 27.7 Å². The average molecular weight is 448 g/mol. The first-order valence-corrected chi connectivity index (χ1v) is 10.1. The molecule has 2 heterocycles. The molecule has 0 bridgehead atoms. The van der Waals surface area contributed by atoms with E-state index in [2.05, 4.69) is 10.3 Å². The number of carbonyl (C=O) groups excluding carboxylic acids is 3. The molecule has 1 aliphatic heterocycles. The molecule has 2 amide bonds. The van der Waals surface area contributed by atoms with Gasteiger partial charge in [0.2, 0.25) is 5.91 Å². The molecule has 8 heteroatoms. The van der Waals surface area contributed by atoms with Crippen LogP contribution in [0.25, 0.3) is 5.76 Å². The molecule has 1 aromatic heterocycles. The normalized spacial score (nSPS) is 17.4. The summed E-state index contributed by atoms with van der Waals surface area (Å²) in [6.45, 7) is 1.39. The highest BCUT2D eigenvalue weighted by Crippen LogP contribution is 2.41. The molecule has 2 aromatic carbocycles. The monoisotopic (exact) mass is 447 g/mol. The number of carbonyl (C=O) groups is 3. The first kappa shape index (κ1) is 21.3. The number of aliphatic hydroxyl groups is 1. The number of ketones is 1. The summed E-state index contributed by atoms with van der Waals surface area (Å²) in [4.78, 5) is 43.0. The zero-order chi connectivity index (χ0) is 22.8. The van der Waals surface area contributed by atoms with E-state index >= 15 is 0 Å². The molecule has 32 heavy (non-hydrogen) atoms. The van der Waals surface area contributed by atoms with Crippen molar-refractivity contribution in [3.63, 3.8) is 0 Å². The quantitative estimate of drug-likeness (QED) is 0.352. The number of amides is 2. The van der Waals surface area contributed by atoms with E-state index in [1.807, 2.05) is 0 Å². The van der Waals surface area contributed by atoms with Crippen LogP contribution >= 0.6 is 11.6 Å². The Balaban J connectivity index is 1.87. The topological polar surface area (TPSA) is 99.6 Å². The number of aromatic nitrogens is 1. The summed E-state index contributed by atoms with van der Waals surface area (Å²) in [6, 6.07) is 17.1. The number of rotatable bonds is 4. The van der Waals surface area contributed by atoms with E-state index in [0.29, 0.717) is 27.7 Å². The van der Waals surface area contributed by atoms with Crippen LogP contribution in [0.2, 0.25) is 5.02 Å². The molecule has 1 saturated heterocycles. The Kier molecular flexibility index (Phi) is 5.75. The third-order valence-corrected chi connectivity index (χ3v) is 5.21. The van der Waals surface area contributed by atoms with E-state index in [-0.39, 0.29) is 17.2 Å². The Bertz CT molecular complexity index is 1240. The molecule has 4 rings (SSSR count). The van der Waals surface area contributed by atoms with E-state index in [1.165, 1.54) is 17.9 Å². The third-order valence-electron chi connectivity index (χ3n) is 4.98. The fourth-order valence-corrected chi connectivity index (χ4v) is 3.81. The van der Waals surface area contributed by atoms with Crippen molar-refractivity contribution >= 4 is 46.3 Å². The van der Waals surface area contributed by atoms with Crippen LogP contribution in [0.15, 0.2) is 78.5 Å². The van der Waals surface area contributed by atoms with Gasteiger partial charge in [-0.3, -0.25) is 24.3 Å². The number of halogens is 1. The molecular formula is C24H18ClN3O4. The summed E-state index contributed by atoms with van der Waals surface area (Å²) in [5.74, 6) is -2.19. The maximum Gasteiger partial charge on any atom is 0.300 e. The van der Waals surface area contributed by atoms with Crippen LogP contribution < -0.4 is 10.2 Å². The summed E-state index contributed by atoms with van der Waals surface area (Å²) in [5, 5.41) is 14.1. The molecule has 0 spiro atoms. The van der Waals surface area contributed by atoms with Crippen molar-refractivity contribution in [3.05, 3.63) is 94.8 Å². The van der Waals surface area contributed by atoms with Gasteiger partial charge in [-0.05, 0) is 48.5 Å². The second-order valence-corrected chi connectivity index (χ2v) is 7.60. The lowest BCUT2D eigenvalue weighted by molar-refractivity contribution is -0.132. The van der Waals surface area contributed by atoms with E-state index in [4.69, 9.17) is 11.6 Å². The molecule has 0 radical (unpaired) electrons. The third kappa shape index (κ3) is 3.98. The zero-order valence-corrected chi connectivity index (χ0v) is 17.7. The van der Waals surface area contributed by atoms with Gasteiger partial charge in [-0.1, -0.05) is 29.8 Å². The molecule has 160 valence electrons. The minimum atomic E-state index is -0.943. The lowest BCUT2D eigenvalue weighted by Gasteiger charge is -2.24. The summed E-state index contributed by atoms with van der Waals surface area (Å²) in [6.07, 6.45) is 1.55. The van der Waals surface area contributed by atoms with Gasteiger partial charge in [-0.25, -0.2) is 0 Å². The van der Waals surface area contributed by atoms with Gasteiger partial charge in [0.15, 0.2) is 0 Å². The minimum absolute atomic E-state index is 0.0816. The van der Waals surface area contributed by atoms with Crippen LogP contribution in [0.5, 0.6) is 0 Å². The number of benzene rings is 2. The highest BCUT2D eigenvalue weighted by atomic mass is 35.5. The lowest BCUT2D eigenvalue weighted by atomic mass is 9.98. The largest absolute Gasteiger partial charge is 0.507 e. The SMILES string of the molecule is CC(=O)Nc1ccc(N2C(=O)C(=O)/C(=C(\O)c3cccc(Cl)c3)C2c2ccccn2)cc1. The molecule has 3 aromatic rings. The van der Waals surface area contributed by atoms with Crippen molar-refractivity contribution in [2.75, 3.05) is 10.2 Å². The molecule has 0 saturated carbocycles. The molecule has 1 unspecified atom stereocenters. The van der Waals surface area contributed by atoms with Crippen molar-refractivity contribution in [1.82, 2.24) is 4.98 Å². The minimum Gasteiger partial charge on any atom is -0.507 e. The zero-order valence-electron chi connectivity index (χ0n) is 16.9. The van der Waals surface area contributed by atoms with E-state index < -0.39 is 17.7 Å². The summed E-state index contributed by atoms with van der Waals surface area (Å²) in [5.41, 5.74) is 1.62. The standard InChI is InChI=1S/C24H18ClN3O4/c1-14(29)27-17-8-10-18(11-9-17)28-21(19-7-2-3-12-26-19)20(23(31)24(28)32)22(30)15-5-4-6-16(25)13-15/h2-13,21,30H,1H3,(H,27,29)/b22-20-. The number of aliphatic hydroxyl groups excluding tert-OH is 1. The molecule has 2 N–H and O–H groups in total. The van der Waals surface area contributed by atoms with Crippen molar-refractivity contribution in [2.24, 2.45) is 0 Å². The number of nitrogens with zero attached hydrogens (tertiary/aromatic N) is 2. The number of anilines is 2. The van der Waals surface area contributed by atoms with Crippen molar-refractivity contribution < 1.29 is 19.5 Å². The Morgan fingerprint density at radius 3 is 2.44 bits per heavy atom. The second-order valence-electron chi connectivity index (χ2n) is 7.16. The van der Waals surface area contributed by atoms with Crippen molar-refractivity contribution in [1.29, 1.82) is 0 Å². The predicted octanol–water partition coefficient (Wildman–Crippen LogP) is 4.32. The number of pyridine rings is 1. The first-order valence-electron chi connectivity index (χ1n) is 9.72. The predicted molar refractivity (Wildman–Crippen MR) is 121 cm³/mol. The van der Waals surface area contributed by atoms with Gasteiger partial charge in [0.05, 0.1) is 11.3 Å². The van der Waals surface area contributed by atoms with Crippen LogP contribution in [0.1, 0.15) is 24.2 Å². The van der Waals surface area contributed by atoms with Crippen molar-refractivity contribution in [2.45, 2.75) is 13.0 Å². The maximum atomic E-state index is 13.1. The summed E-state index contributed by atoms with van der Waals surface area (Å²) in [7, 11) is 0. The van der Waals surface area contributed by atoms with Gasteiger partial charge >= 0.3 is 0 Å². The Hall–Kier alpha value is -3.97. The van der Waals surface area contributed by atoms with Gasteiger partial charge < -0.3 is 10.4 Å². The molecular weight excluding hydrogens is 430 g/mol. The van der Waals surface area contributed by atoms with E-state index in [0.717, 1.165) is 0 Å². The summed E-state index contributed by atoms with van der Waals surface area (Å²) < 4.78 is 0. The number of hydrogen-bond donors (Lipinski definition) is 2. The van der Waals surface area contributed by atoms with E-state index in [1.54, 1.807) is 66.9 Å². The first-order chi connectivity index (χ1) is 15.4. The highest BCUT2D eigenvalue weighted by molar-refractivity contribution is 6.51. The van der Waals surface area contributed by atoms with Gasteiger partial charge in [0.25, 0.3) is 11.7 Å². The molecule has 1 atom stereocenters.